The van der Waals surface area contributed by atoms with Gasteiger partial charge in [0.05, 0.1) is 0 Å². The monoisotopic (exact) mass is 215 g/mol. The van der Waals surface area contributed by atoms with Crippen LogP contribution in [0.15, 0.2) is 24.3 Å². The average Bonchev–Trinajstić information content (AvgIpc) is 2.94. The molecule has 0 bridgehead atoms. The molecule has 1 nitrogen and oxygen atoms in total. The summed E-state index contributed by atoms with van der Waals surface area (Å²) in [4.78, 5) is 0. The first-order valence-corrected chi connectivity index (χ1v) is 6.63. The Morgan fingerprint density at radius 2 is 1.81 bits per heavy atom. The number of hydrogen-bond acceptors (Lipinski definition) is 1. The van der Waals surface area contributed by atoms with Crippen molar-refractivity contribution in [2.24, 2.45) is 5.73 Å². The maximum absolute atomic E-state index is 6.10. The highest BCUT2D eigenvalue weighted by atomic mass is 14.8. The maximum Gasteiger partial charge on any atom is 0.0158 e. The van der Waals surface area contributed by atoms with Crippen molar-refractivity contribution in [2.75, 3.05) is 0 Å². The van der Waals surface area contributed by atoms with E-state index in [-0.39, 0.29) is 5.54 Å². The molecular weight excluding hydrogens is 194 g/mol. The van der Waals surface area contributed by atoms with E-state index < -0.39 is 0 Å². The van der Waals surface area contributed by atoms with E-state index in [2.05, 4.69) is 24.3 Å². The highest BCUT2D eigenvalue weighted by molar-refractivity contribution is 5.27. The molecule has 2 N–H and O–H groups in total. The molecule has 3 rings (SSSR count). The maximum atomic E-state index is 6.10. The van der Waals surface area contributed by atoms with E-state index in [0.29, 0.717) is 0 Å². The summed E-state index contributed by atoms with van der Waals surface area (Å²) < 4.78 is 0. The number of hydrogen-bond donors (Lipinski definition) is 1. The van der Waals surface area contributed by atoms with Crippen molar-refractivity contribution < 1.29 is 0 Å². The second kappa shape index (κ2) is 3.89. The van der Waals surface area contributed by atoms with Gasteiger partial charge in [-0.25, -0.2) is 0 Å². The largest absolute Gasteiger partial charge is 0.325 e. The minimum Gasteiger partial charge on any atom is -0.325 e. The summed E-state index contributed by atoms with van der Waals surface area (Å²) in [6.07, 6.45) is 8.98. The second-order valence-electron chi connectivity index (χ2n) is 5.73. The zero-order valence-corrected chi connectivity index (χ0v) is 9.91. The zero-order chi connectivity index (χ0) is 11.0. The number of aryl methyl sites for hydroxylation is 1. The standard InChI is InChI=1S/C15H21N/c16-15(10-11-15)9-8-12-4-6-14(7-5-12)13-2-1-3-13/h4-7,13H,1-3,8-11,16H2. The predicted octanol–water partition coefficient (Wildman–Crippen LogP) is 3.38. The highest BCUT2D eigenvalue weighted by Gasteiger charge is 2.37. The Hall–Kier alpha value is -0.820. The summed E-state index contributed by atoms with van der Waals surface area (Å²) in [5.41, 5.74) is 9.31. The summed E-state index contributed by atoms with van der Waals surface area (Å²) >= 11 is 0. The fraction of sp³-hybridized carbons (Fsp3) is 0.600. The van der Waals surface area contributed by atoms with Crippen LogP contribution in [-0.2, 0) is 6.42 Å². The molecule has 1 heteroatoms. The summed E-state index contributed by atoms with van der Waals surface area (Å²) in [6.45, 7) is 0. The Kier molecular flexibility index (Phi) is 2.51. The van der Waals surface area contributed by atoms with E-state index >= 15 is 0 Å². The molecule has 86 valence electrons. The fourth-order valence-electron chi connectivity index (χ4n) is 2.50. The van der Waals surface area contributed by atoms with Crippen LogP contribution in [0.3, 0.4) is 0 Å². The lowest BCUT2D eigenvalue weighted by atomic mass is 9.80. The minimum atomic E-state index is 0.201. The molecule has 2 saturated carbocycles. The third kappa shape index (κ3) is 2.15. The smallest absolute Gasteiger partial charge is 0.0158 e. The van der Waals surface area contributed by atoms with Crippen molar-refractivity contribution in [2.45, 2.75) is 56.4 Å². The molecule has 1 aromatic carbocycles. The van der Waals surface area contributed by atoms with Gasteiger partial charge in [-0.3, -0.25) is 0 Å². The van der Waals surface area contributed by atoms with Crippen molar-refractivity contribution >= 4 is 0 Å². The molecule has 0 saturated heterocycles. The molecule has 2 aliphatic carbocycles. The van der Waals surface area contributed by atoms with Crippen LogP contribution in [-0.4, -0.2) is 5.54 Å². The van der Waals surface area contributed by atoms with Gasteiger partial charge in [-0.1, -0.05) is 30.7 Å². The highest BCUT2D eigenvalue weighted by Crippen LogP contribution is 2.38. The Morgan fingerprint density at radius 1 is 1.12 bits per heavy atom. The first kappa shape index (κ1) is 10.3. The van der Waals surface area contributed by atoms with Gasteiger partial charge in [-0.15, -0.1) is 0 Å². The van der Waals surface area contributed by atoms with Crippen LogP contribution in [0.1, 0.15) is 55.6 Å². The number of benzene rings is 1. The van der Waals surface area contributed by atoms with Gasteiger partial charge in [0.2, 0.25) is 0 Å². The molecule has 0 atom stereocenters. The second-order valence-corrected chi connectivity index (χ2v) is 5.73. The van der Waals surface area contributed by atoms with Crippen molar-refractivity contribution in [1.82, 2.24) is 0 Å². The molecule has 0 heterocycles. The van der Waals surface area contributed by atoms with Crippen molar-refractivity contribution in [3.05, 3.63) is 35.4 Å². The molecule has 0 aromatic heterocycles. The SMILES string of the molecule is NC1(CCc2ccc(C3CCC3)cc2)CC1. The minimum absolute atomic E-state index is 0.201. The summed E-state index contributed by atoms with van der Waals surface area (Å²) in [5.74, 6) is 0.860. The first-order valence-electron chi connectivity index (χ1n) is 6.63. The number of nitrogens with two attached hydrogens (primary N) is 1. The molecule has 0 amide bonds. The zero-order valence-electron chi connectivity index (χ0n) is 9.91. The van der Waals surface area contributed by atoms with E-state index in [9.17, 15) is 0 Å². The molecule has 0 aliphatic heterocycles. The van der Waals surface area contributed by atoms with Gasteiger partial charge >= 0.3 is 0 Å². The molecule has 0 radical (unpaired) electrons. The Balaban J connectivity index is 1.58. The van der Waals surface area contributed by atoms with Crippen LogP contribution in [0.2, 0.25) is 0 Å². The third-order valence-electron chi connectivity index (χ3n) is 4.36. The Bertz CT molecular complexity index is 358. The van der Waals surface area contributed by atoms with Crippen LogP contribution in [0, 0.1) is 0 Å². The van der Waals surface area contributed by atoms with Crippen LogP contribution in [0.4, 0.5) is 0 Å². The summed E-state index contributed by atoms with van der Waals surface area (Å²) in [5, 5.41) is 0. The Labute approximate surface area is 98.0 Å². The molecule has 2 fully saturated rings. The normalized spacial score (nSPS) is 22.8. The topological polar surface area (TPSA) is 26.0 Å². The molecule has 0 unspecified atom stereocenters. The molecule has 0 spiro atoms. The summed E-state index contributed by atoms with van der Waals surface area (Å²) in [6, 6.07) is 9.27. The molecule has 2 aliphatic rings. The van der Waals surface area contributed by atoms with Crippen molar-refractivity contribution in [3.8, 4) is 0 Å². The summed E-state index contributed by atoms with van der Waals surface area (Å²) in [7, 11) is 0. The van der Waals surface area contributed by atoms with Crippen LogP contribution in [0.25, 0.3) is 0 Å². The lowest BCUT2D eigenvalue weighted by Crippen LogP contribution is -2.22. The van der Waals surface area contributed by atoms with Crippen LogP contribution in [0.5, 0.6) is 0 Å². The lowest BCUT2D eigenvalue weighted by molar-refractivity contribution is 0.419. The van der Waals surface area contributed by atoms with E-state index in [4.69, 9.17) is 5.73 Å². The van der Waals surface area contributed by atoms with Gasteiger partial charge in [-0.05, 0) is 55.6 Å². The van der Waals surface area contributed by atoms with E-state index in [1.165, 1.54) is 37.7 Å². The number of rotatable bonds is 4. The van der Waals surface area contributed by atoms with Gasteiger partial charge in [0, 0.05) is 5.54 Å². The molecular formula is C15H21N. The van der Waals surface area contributed by atoms with E-state index in [1.807, 2.05) is 0 Å². The fourth-order valence-corrected chi connectivity index (χ4v) is 2.50. The quantitative estimate of drug-likeness (QED) is 0.818. The van der Waals surface area contributed by atoms with Gasteiger partial charge < -0.3 is 5.73 Å². The lowest BCUT2D eigenvalue weighted by Gasteiger charge is -2.25. The molecule has 16 heavy (non-hydrogen) atoms. The van der Waals surface area contributed by atoms with Gasteiger partial charge in [0.1, 0.15) is 0 Å². The van der Waals surface area contributed by atoms with Crippen LogP contribution >= 0.6 is 0 Å². The average molecular weight is 215 g/mol. The van der Waals surface area contributed by atoms with Gasteiger partial charge in [0.15, 0.2) is 0 Å². The first-order chi connectivity index (χ1) is 7.75. The molecule has 1 aromatic rings. The van der Waals surface area contributed by atoms with E-state index in [1.54, 1.807) is 5.56 Å². The predicted molar refractivity (Wildman–Crippen MR) is 67.5 cm³/mol. The third-order valence-corrected chi connectivity index (χ3v) is 4.36. The van der Waals surface area contributed by atoms with Gasteiger partial charge in [0.25, 0.3) is 0 Å². The Morgan fingerprint density at radius 3 is 2.31 bits per heavy atom. The van der Waals surface area contributed by atoms with Crippen molar-refractivity contribution in [1.29, 1.82) is 0 Å². The van der Waals surface area contributed by atoms with Crippen molar-refractivity contribution in [3.63, 3.8) is 0 Å². The van der Waals surface area contributed by atoms with E-state index in [0.717, 1.165) is 18.8 Å². The van der Waals surface area contributed by atoms with Crippen LogP contribution < -0.4 is 5.73 Å². The van der Waals surface area contributed by atoms with Gasteiger partial charge in [-0.2, -0.15) is 0 Å².